The van der Waals surface area contributed by atoms with Crippen LogP contribution in [0.3, 0.4) is 0 Å². The van der Waals surface area contributed by atoms with Gasteiger partial charge in [0.2, 0.25) is 5.90 Å². The Balaban J connectivity index is 0.00000196. The van der Waals surface area contributed by atoms with Crippen LogP contribution in [0.25, 0.3) is 0 Å². The standard InChI is InChI=1S/C9H8F3NO.ClH/c1-14-8(13)6-2-4-7(5-3-6)9(10,11)12;/h2-5,13H,1H3;1H. The number of ether oxygens (including phenoxy) is 1. The summed E-state index contributed by atoms with van der Waals surface area (Å²) in [5.74, 6) is -0.154. The van der Waals surface area contributed by atoms with Crippen molar-refractivity contribution in [3.63, 3.8) is 0 Å². The van der Waals surface area contributed by atoms with Crippen molar-refractivity contribution in [1.29, 1.82) is 5.41 Å². The Bertz CT molecular complexity index is 334. The highest BCUT2D eigenvalue weighted by Crippen LogP contribution is 2.29. The van der Waals surface area contributed by atoms with E-state index in [1.165, 1.54) is 19.2 Å². The van der Waals surface area contributed by atoms with Gasteiger partial charge in [-0.15, -0.1) is 12.4 Å². The molecule has 0 radical (unpaired) electrons. The molecule has 0 aliphatic heterocycles. The number of benzene rings is 1. The van der Waals surface area contributed by atoms with Gasteiger partial charge in [0.15, 0.2) is 0 Å². The predicted molar refractivity (Wildman–Crippen MR) is 52.5 cm³/mol. The van der Waals surface area contributed by atoms with E-state index in [2.05, 4.69) is 4.74 Å². The molecule has 84 valence electrons. The molecule has 0 atom stereocenters. The van der Waals surface area contributed by atoms with E-state index in [0.29, 0.717) is 5.56 Å². The van der Waals surface area contributed by atoms with Crippen molar-refractivity contribution in [2.24, 2.45) is 0 Å². The van der Waals surface area contributed by atoms with Crippen LogP contribution in [0.2, 0.25) is 0 Å². The summed E-state index contributed by atoms with van der Waals surface area (Å²) in [6.07, 6.45) is -4.34. The molecule has 15 heavy (non-hydrogen) atoms. The number of alkyl halides is 3. The maximum atomic E-state index is 12.1. The zero-order valence-electron chi connectivity index (χ0n) is 7.76. The topological polar surface area (TPSA) is 33.1 Å². The highest BCUT2D eigenvalue weighted by Gasteiger charge is 2.30. The maximum absolute atomic E-state index is 12.1. The Morgan fingerprint density at radius 1 is 1.20 bits per heavy atom. The normalized spacial score (nSPS) is 10.4. The molecule has 1 rings (SSSR count). The van der Waals surface area contributed by atoms with Gasteiger partial charge in [0.05, 0.1) is 12.7 Å². The molecule has 0 aromatic heterocycles. The van der Waals surface area contributed by atoms with E-state index in [4.69, 9.17) is 5.41 Å². The highest BCUT2D eigenvalue weighted by molar-refractivity contribution is 5.91. The zero-order valence-corrected chi connectivity index (χ0v) is 8.58. The van der Waals surface area contributed by atoms with Crippen molar-refractivity contribution >= 4 is 18.3 Å². The second-order valence-corrected chi connectivity index (χ2v) is 2.61. The molecule has 0 amide bonds. The van der Waals surface area contributed by atoms with Gasteiger partial charge in [-0.1, -0.05) is 0 Å². The summed E-state index contributed by atoms with van der Waals surface area (Å²) in [7, 11) is 1.29. The summed E-state index contributed by atoms with van der Waals surface area (Å²) in [6, 6.07) is 4.25. The van der Waals surface area contributed by atoms with Crippen molar-refractivity contribution in [3.8, 4) is 0 Å². The lowest BCUT2D eigenvalue weighted by molar-refractivity contribution is -0.137. The Morgan fingerprint density at radius 2 is 1.67 bits per heavy atom. The Hall–Kier alpha value is -1.23. The molecule has 1 aromatic carbocycles. The smallest absolute Gasteiger partial charge is 0.416 e. The number of nitrogens with one attached hydrogen (secondary N) is 1. The van der Waals surface area contributed by atoms with Crippen LogP contribution in [0.4, 0.5) is 13.2 Å². The monoisotopic (exact) mass is 239 g/mol. The number of hydrogen-bond donors (Lipinski definition) is 1. The summed E-state index contributed by atoms with van der Waals surface area (Å²) < 4.78 is 40.9. The fourth-order valence-corrected chi connectivity index (χ4v) is 0.928. The highest BCUT2D eigenvalue weighted by atomic mass is 35.5. The number of rotatable bonds is 1. The Morgan fingerprint density at radius 3 is 2.00 bits per heavy atom. The minimum absolute atomic E-state index is 0. The van der Waals surface area contributed by atoms with Gasteiger partial charge in [-0.2, -0.15) is 13.2 Å². The van der Waals surface area contributed by atoms with Crippen LogP contribution in [0.5, 0.6) is 0 Å². The molecule has 2 nitrogen and oxygen atoms in total. The van der Waals surface area contributed by atoms with E-state index in [0.717, 1.165) is 12.1 Å². The fraction of sp³-hybridized carbons (Fsp3) is 0.222. The van der Waals surface area contributed by atoms with Gasteiger partial charge >= 0.3 is 6.18 Å². The molecular formula is C9H9ClF3NO. The van der Waals surface area contributed by atoms with E-state index < -0.39 is 11.7 Å². The molecule has 1 aromatic rings. The van der Waals surface area contributed by atoms with E-state index in [9.17, 15) is 13.2 Å². The summed E-state index contributed by atoms with van der Waals surface area (Å²) in [4.78, 5) is 0. The van der Waals surface area contributed by atoms with E-state index in [1.54, 1.807) is 0 Å². The van der Waals surface area contributed by atoms with Crippen LogP contribution < -0.4 is 0 Å². The predicted octanol–water partition coefficient (Wildman–Crippen LogP) is 3.10. The average molecular weight is 240 g/mol. The molecule has 0 fully saturated rings. The summed E-state index contributed by atoms with van der Waals surface area (Å²) in [5.41, 5.74) is -0.411. The zero-order chi connectivity index (χ0) is 10.8. The fourth-order valence-electron chi connectivity index (χ4n) is 0.928. The summed E-state index contributed by atoms with van der Waals surface area (Å²) >= 11 is 0. The third-order valence-corrected chi connectivity index (χ3v) is 1.68. The van der Waals surface area contributed by atoms with Gasteiger partial charge in [0, 0.05) is 5.56 Å². The third kappa shape index (κ3) is 3.43. The largest absolute Gasteiger partial charge is 0.481 e. The minimum Gasteiger partial charge on any atom is -0.481 e. The molecule has 6 heteroatoms. The maximum Gasteiger partial charge on any atom is 0.416 e. The van der Waals surface area contributed by atoms with Crippen LogP contribution in [-0.2, 0) is 10.9 Å². The number of halogens is 4. The lowest BCUT2D eigenvalue weighted by Gasteiger charge is -2.07. The SMILES string of the molecule is COC(=N)c1ccc(C(F)(F)F)cc1.Cl. The second-order valence-electron chi connectivity index (χ2n) is 2.61. The van der Waals surface area contributed by atoms with Crippen LogP contribution in [-0.4, -0.2) is 13.0 Å². The van der Waals surface area contributed by atoms with Gasteiger partial charge in [-0.3, -0.25) is 5.41 Å². The molecule has 0 heterocycles. The quantitative estimate of drug-likeness (QED) is 0.593. The van der Waals surface area contributed by atoms with Crippen LogP contribution >= 0.6 is 12.4 Å². The van der Waals surface area contributed by atoms with Gasteiger partial charge in [-0.25, -0.2) is 0 Å². The average Bonchev–Trinajstić information content (AvgIpc) is 2.15. The van der Waals surface area contributed by atoms with Crippen molar-refractivity contribution in [2.75, 3.05) is 7.11 Å². The second kappa shape index (κ2) is 5.02. The first-order chi connectivity index (χ1) is 6.45. The molecule has 0 bridgehead atoms. The molecule has 0 aliphatic rings. The van der Waals surface area contributed by atoms with Gasteiger partial charge in [0.25, 0.3) is 0 Å². The van der Waals surface area contributed by atoms with Crippen LogP contribution in [0, 0.1) is 5.41 Å². The Kier molecular flexibility index (Phi) is 4.61. The third-order valence-electron chi connectivity index (χ3n) is 1.68. The van der Waals surface area contributed by atoms with Crippen molar-refractivity contribution < 1.29 is 17.9 Å². The van der Waals surface area contributed by atoms with Crippen molar-refractivity contribution in [2.45, 2.75) is 6.18 Å². The van der Waals surface area contributed by atoms with E-state index >= 15 is 0 Å². The molecule has 0 aliphatic carbocycles. The first-order valence-electron chi connectivity index (χ1n) is 3.75. The lowest BCUT2D eigenvalue weighted by Crippen LogP contribution is -2.06. The van der Waals surface area contributed by atoms with Crippen molar-refractivity contribution in [3.05, 3.63) is 35.4 Å². The molecule has 0 unspecified atom stereocenters. The lowest BCUT2D eigenvalue weighted by atomic mass is 10.1. The molecule has 0 saturated heterocycles. The van der Waals surface area contributed by atoms with Gasteiger partial charge in [0.1, 0.15) is 0 Å². The molecule has 1 N–H and O–H groups in total. The Labute approximate surface area is 91.0 Å². The van der Waals surface area contributed by atoms with Gasteiger partial charge in [-0.05, 0) is 24.3 Å². The van der Waals surface area contributed by atoms with Crippen LogP contribution in [0.1, 0.15) is 11.1 Å². The van der Waals surface area contributed by atoms with Crippen LogP contribution in [0.15, 0.2) is 24.3 Å². The molecular weight excluding hydrogens is 231 g/mol. The summed E-state index contributed by atoms with van der Waals surface area (Å²) in [6.45, 7) is 0. The molecule has 0 saturated carbocycles. The number of hydrogen-bond acceptors (Lipinski definition) is 2. The molecule has 0 spiro atoms. The van der Waals surface area contributed by atoms with Gasteiger partial charge < -0.3 is 4.74 Å². The first kappa shape index (κ1) is 13.8. The minimum atomic E-state index is -4.34. The van der Waals surface area contributed by atoms with E-state index in [1.807, 2.05) is 0 Å². The van der Waals surface area contributed by atoms with E-state index in [-0.39, 0.29) is 18.3 Å². The van der Waals surface area contributed by atoms with Crippen molar-refractivity contribution in [1.82, 2.24) is 0 Å². The summed E-state index contributed by atoms with van der Waals surface area (Å²) in [5, 5.41) is 7.20. The number of methoxy groups -OCH3 is 1. The first-order valence-corrected chi connectivity index (χ1v) is 3.75.